The quantitative estimate of drug-likeness (QED) is 0.572. The normalized spacial score (nSPS) is 10.4. The van der Waals surface area contributed by atoms with Gasteiger partial charge < -0.3 is 0 Å². The Bertz CT molecular complexity index is 546. The minimum absolute atomic E-state index is 0.128. The van der Waals surface area contributed by atoms with Crippen molar-refractivity contribution >= 4 is 5.69 Å². The first-order valence-corrected chi connectivity index (χ1v) is 4.83. The molecule has 0 spiro atoms. The Morgan fingerprint density at radius 1 is 1.38 bits per heavy atom. The van der Waals surface area contributed by atoms with Crippen molar-refractivity contribution in [2.75, 3.05) is 0 Å². The molecular weight excluding hydrogens is 206 g/mol. The average Bonchev–Trinajstić information content (AvgIpc) is 2.65. The first-order valence-electron chi connectivity index (χ1n) is 4.83. The van der Waals surface area contributed by atoms with Gasteiger partial charge in [0.1, 0.15) is 0 Å². The zero-order chi connectivity index (χ0) is 11.7. The molecule has 1 heterocycles. The van der Waals surface area contributed by atoms with E-state index in [2.05, 4.69) is 5.10 Å². The Hall–Kier alpha value is -2.17. The zero-order valence-corrected chi connectivity index (χ0v) is 9.04. The van der Waals surface area contributed by atoms with E-state index in [1.165, 1.54) is 0 Å². The van der Waals surface area contributed by atoms with Crippen molar-refractivity contribution in [1.29, 1.82) is 0 Å². The molecule has 5 nitrogen and oxygen atoms in total. The molecular formula is C11H11N3O2. The minimum atomic E-state index is -0.373. The van der Waals surface area contributed by atoms with Crippen LogP contribution in [0.2, 0.25) is 0 Å². The van der Waals surface area contributed by atoms with Gasteiger partial charge in [-0.25, -0.2) is 0 Å². The van der Waals surface area contributed by atoms with Crippen molar-refractivity contribution in [3.05, 3.63) is 46.1 Å². The molecule has 2 rings (SSSR count). The van der Waals surface area contributed by atoms with Gasteiger partial charge in [-0.05, 0) is 13.0 Å². The van der Waals surface area contributed by atoms with Crippen LogP contribution in [0.25, 0.3) is 11.3 Å². The number of nitrogens with zero attached hydrogens (tertiary/aromatic N) is 3. The molecule has 0 aliphatic rings. The van der Waals surface area contributed by atoms with Crippen LogP contribution >= 0.6 is 0 Å². The fourth-order valence-electron chi connectivity index (χ4n) is 1.53. The van der Waals surface area contributed by atoms with Gasteiger partial charge in [0.2, 0.25) is 0 Å². The predicted octanol–water partition coefficient (Wildman–Crippen LogP) is 2.30. The van der Waals surface area contributed by atoms with Crippen molar-refractivity contribution in [2.45, 2.75) is 6.92 Å². The number of hydrogen-bond donors (Lipinski definition) is 0. The van der Waals surface area contributed by atoms with Crippen LogP contribution in [0, 0.1) is 17.0 Å². The molecule has 0 amide bonds. The molecule has 1 aromatic carbocycles. The van der Waals surface area contributed by atoms with Crippen LogP contribution in [-0.2, 0) is 7.05 Å². The Morgan fingerprint density at radius 2 is 2.12 bits per heavy atom. The van der Waals surface area contributed by atoms with E-state index >= 15 is 0 Å². The fourth-order valence-corrected chi connectivity index (χ4v) is 1.53. The zero-order valence-electron chi connectivity index (χ0n) is 9.04. The fraction of sp³-hybridized carbons (Fsp3) is 0.182. The molecule has 0 aliphatic carbocycles. The number of nitro benzene ring substituents is 1. The molecule has 0 fully saturated rings. The summed E-state index contributed by atoms with van der Waals surface area (Å²) in [6, 6.07) is 6.96. The van der Waals surface area contributed by atoms with Crippen LogP contribution in [0.1, 0.15) is 5.56 Å². The number of rotatable bonds is 2. The smallest absolute Gasteiger partial charge is 0.272 e. The second-order valence-electron chi connectivity index (χ2n) is 3.63. The largest absolute Gasteiger partial charge is 0.275 e. The summed E-state index contributed by atoms with van der Waals surface area (Å²) in [6.07, 6.45) is 1.81. The standard InChI is InChI=1S/C11H11N3O2/c1-8-3-4-9(7-11(8)14(15)16)10-5-6-13(2)12-10/h3-7H,1-2H3. The number of hydrogen-bond acceptors (Lipinski definition) is 3. The van der Waals surface area contributed by atoms with Crippen molar-refractivity contribution in [3.63, 3.8) is 0 Å². The lowest BCUT2D eigenvalue weighted by Gasteiger charge is -2.00. The van der Waals surface area contributed by atoms with Crippen LogP contribution in [0.5, 0.6) is 0 Å². The van der Waals surface area contributed by atoms with Crippen molar-refractivity contribution in [2.24, 2.45) is 7.05 Å². The van der Waals surface area contributed by atoms with Gasteiger partial charge in [-0.15, -0.1) is 0 Å². The number of nitro groups is 1. The van der Waals surface area contributed by atoms with E-state index in [-0.39, 0.29) is 10.6 Å². The van der Waals surface area contributed by atoms with E-state index in [1.807, 2.05) is 19.2 Å². The lowest BCUT2D eigenvalue weighted by atomic mass is 10.1. The highest BCUT2D eigenvalue weighted by molar-refractivity contribution is 5.63. The Morgan fingerprint density at radius 3 is 2.69 bits per heavy atom. The predicted molar refractivity (Wildman–Crippen MR) is 60.0 cm³/mol. The van der Waals surface area contributed by atoms with Crippen molar-refractivity contribution in [3.8, 4) is 11.3 Å². The van der Waals surface area contributed by atoms with Gasteiger partial charge in [0.05, 0.1) is 10.6 Å². The summed E-state index contributed by atoms with van der Waals surface area (Å²) in [4.78, 5) is 10.4. The van der Waals surface area contributed by atoms with Crippen LogP contribution in [-0.4, -0.2) is 14.7 Å². The molecule has 1 aromatic heterocycles. The average molecular weight is 217 g/mol. The van der Waals surface area contributed by atoms with Crippen LogP contribution in [0.15, 0.2) is 30.5 Å². The van der Waals surface area contributed by atoms with Gasteiger partial charge in [0.15, 0.2) is 0 Å². The molecule has 0 unspecified atom stereocenters. The summed E-state index contributed by atoms with van der Waals surface area (Å²) in [5.41, 5.74) is 2.29. The number of benzene rings is 1. The molecule has 16 heavy (non-hydrogen) atoms. The molecule has 0 saturated heterocycles. The molecule has 0 saturated carbocycles. The highest BCUT2D eigenvalue weighted by atomic mass is 16.6. The van der Waals surface area contributed by atoms with Crippen LogP contribution in [0.3, 0.4) is 0 Å². The first kappa shape index (κ1) is 10.4. The molecule has 0 bridgehead atoms. The second kappa shape index (κ2) is 3.77. The van der Waals surface area contributed by atoms with Gasteiger partial charge in [-0.1, -0.05) is 12.1 Å². The van der Waals surface area contributed by atoms with Gasteiger partial charge in [-0.3, -0.25) is 14.8 Å². The lowest BCUT2D eigenvalue weighted by Crippen LogP contribution is -1.93. The van der Waals surface area contributed by atoms with Gasteiger partial charge in [-0.2, -0.15) is 5.10 Å². The summed E-state index contributed by atoms with van der Waals surface area (Å²) in [7, 11) is 1.81. The second-order valence-corrected chi connectivity index (χ2v) is 3.63. The molecule has 0 atom stereocenters. The maximum Gasteiger partial charge on any atom is 0.272 e. The van der Waals surface area contributed by atoms with E-state index in [1.54, 1.807) is 29.9 Å². The van der Waals surface area contributed by atoms with Crippen molar-refractivity contribution in [1.82, 2.24) is 9.78 Å². The Labute approximate surface area is 92.5 Å². The minimum Gasteiger partial charge on any atom is -0.275 e. The van der Waals surface area contributed by atoms with Gasteiger partial charge >= 0.3 is 0 Å². The number of aromatic nitrogens is 2. The van der Waals surface area contributed by atoms with Crippen LogP contribution < -0.4 is 0 Å². The van der Waals surface area contributed by atoms with E-state index in [9.17, 15) is 10.1 Å². The van der Waals surface area contributed by atoms with E-state index in [4.69, 9.17) is 0 Å². The molecule has 5 heteroatoms. The Balaban J connectivity index is 2.51. The molecule has 0 radical (unpaired) electrons. The summed E-state index contributed by atoms with van der Waals surface area (Å²) in [5, 5.41) is 15.0. The van der Waals surface area contributed by atoms with Gasteiger partial charge in [0.25, 0.3) is 5.69 Å². The summed E-state index contributed by atoms with van der Waals surface area (Å²) < 4.78 is 1.67. The summed E-state index contributed by atoms with van der Waals surface area (Å²) in [5.74, 6) is 0. The van der Waals surface area contributed by atoms with E-state index < -0.39 is 0 Å². The third kappa shape index (κ3) is 1.79. The highest BCUT2D eigenvalue weighted by Crippen LogP contribution is 2.25. The summed E-state index contributed by atoms with van der Waals surface area (Å²) >= 11 is 0. The monoisotopic (exact) mass is 217 g/mol. The molecule has 0 aliphatic heterocycles. The summed E-state index contributed by atoms with van der Waals surface area (Å²) in [6.45, 7) is 1.72. The van der Waals surface area contributed by atoms with E-state index in [0.717, 1.165) is 11.3 Å². The molecule has 2 aromatic rings. The first-order chi connectivity index (χ1) is 7.58. The van der Waals surface area contributed by atoms with Gasteiger partial charge in [0, 0.05) is 30.4 Å². The van der Waals surface area contributed by atoms with Crippen molar-refractivity contribution < 1.29 is 4.92 Å². The number of aryl methyl sites for hydroxylation is 2. The van der Waals surface area contributed by atoms with Crippen LogP contribution in [0.4, 0.5) is 5.69 Å². The lowest BCUT2D eigenvalue weighted by molar-refractivity contribution is -0.385. The third-order valence-electron chi connectivity index (χ3n) is 2.42. The molecule has 0 N–H and O–H groups in total. The SMILES string of the molecule is Cc1ccc(-c2ccn(C)n2)cc1[N+](=O)[O-]. The maximum atomic E-state index is 10.8. The maximum absolute atomic E-state index is 10.8. The Kier molecular flexibility index (Phi) is 2.44. The topological polar surface area (TPSA) is 61.0 Å². The third-order valence-corrected chi connectivity index (χ3v) is 2.42. The highest BCUT2D eigenvalue weighted by Gasteiger charge is 2.12. The van der Waals surface area contributed by atoms with E-state index in [0.29, 0.717) is 5.56 Å². The molecule has 82 valence electrons.